The summed E-state index contributed by atoms with van der Waals surface area (Å²) < 4.78 is 7.02. The Morgan fingerprint density at radius 2 is 2.00 bits per heavy atom. The maximum Gasteiger partial charge on any atom is 0.341 e. The van der Waals surface area contributed by atoms with Crippen LogP contribution in [0.1, 0.15) is 11.1 Å². The maximum absolute atomic E-state index is 10.9. The summed E-state index contributed by atoms with van der Waals surface area (Å²) in [7, 11) is 0. The standard InChI is InChI=1S/C21H17Cl2N5O3/c22-12-1-3-15(18(23)5-12)21-16(7-24)17(8-28-11-25-10-26-28)14-4-2-13(6-19(14)27-21)31-9-20(29)30/h1-6,10-11H,7-9,24H2,(H,29,30). The summed E-state index contributed by atoms with van der Waals surface area (Å²) in [5.74, 6) is -0.671. The third-order valence-corrected chi connectivity index (χ3v) is 5.26. The van der Waals surface area contributed by atoms with Gasteiger partial charge in [-0.1, -0.05) is 23.2 Å². The Labute approximate surface area is 187 Å². The summed E-state index contributed by atoms with van der Waals surface area (Å²) in [4.78, 5) is 19.7. The van der Waals surface area contributed by atoms with Gasteiger partial charge < -0.3 is 15.6 Å². The highest BCUT2D eigenvalue weighted by Crippen LogP contribution is 2.36. The lowest BCUT2D eigenvalue weighted by atomic mass is 9.96. The second kappa shape index (κ2) is 8.89. The molecule has 4 rings (SSSR count). The maximum atomic E-state index is 10.9. The van der Waals surface area contributed by atoms with Crippen LogP contribution in [0.15, 0.2) is 49.1 Å². The number of aromatic nitrogens is 4. The van der Waals surface area contributed by atoms with E-state index in [1.807, 2.05) is 6.07 Å². The van der Waals surface area contributed by atoms with E-state index in [4.69, 9.17) is 43.8 Å². The number of carboxylic acid groups (broad SMARTS) is 1. The number of carbonyl (C=O) groups is 1. The van der Waals surface area contributed by atoms with Crippen molar-refractivity contribution in [1.82, 2.24) is 19.7 Å². The molecule has 0 saturated carbocycles. The molecule has 2 aromatic carbocycles. The van der Waals surface area contributed by atoms with Gasteiger partial charge in [-0.15, -0.1) is 0 Å². The van der Waals surface area contributed by atoms with Crippen molar-refractivity contribution in [3.63, 3.8) is 0 Å². The number of ether oxygens (including phenoxy) is 1. The minimum Gasteiger partial charge on any atom is -0.482 e. The first kappa shape index (κ1) is 21.0. The van der Waals surface area contributed by atoms with Gasteiger partial charge in [0, 0.05) is 28.6 Å². The molecule has 0 aliphatic carbocycles. The lowest BCUT2D eigenvalue weighted by Gasteiger charge is -2.18. The number of halogens is 2. The number of rotatable bonds is 7. The van der Waals surface area contributed by atoms with Crippen LogP contribution in [0.5, 0.6) is 5.75 Å². The van der Waals surface area contributed by atoms with Gasteiger partial charge >= 0.3 is 5.97 Å². The molecule has 8 nitrogen and oxygen atoms in total. The molecule has 0 unspecified atom stereocenters. The molecule has 0 fully saturated rings. The first-order valence-corrected chi connectivity index (χ1v) is 10.00. The van der Waals surface area contributed by atoms with Gasteiger partial charge in [0.05, 0.1) is 22.8 Å². The van der Waals surface area contributed by atoms with Crippen LogP contribution in [0.3, 0.4) is 0 Å². The number of nitrogens with two attached hydrogens (primary N) is 1. The van der Waals surface area contributed by atoms with Crippen LogP contribution in [0.4, 0.5) is 0 Å². The molecule has 0 radical (unpaired) electrons. The zero-order chi connectivity index (χ0) is 22.0. The van der Waals surface area contributed by atoms with E-state index < -0.39 is 12.6 Å². The fraction of sp³-hybridized carbons (Fsp3) is 0.143. The third kappa shape index (κ3) is 4.46. The molecule has 0 aliphatic heterocycles. The number of fused-ring (bicyclic) bond motifs is 1. The Morgan fingerprint density at radius 1 is 1.16 bits per heavy atom. The Hall–Kier alpha value is -3.20. The van der Waals surface area contributed by atoms with E-state index in [9.17, 15) is 4.79 Å². The molecule has 0 amide bonds. The molecule has 10 heteroatoms. The van der Waals surface area contributed by atoms with Gasteiger partial charge in [0.2, 0.25) is 0 Å². The summed E-state index contributed by atoms with van der Waals surface area (Å²) in [5.41, 5.74) is 9.78. The zero-order valence-corrected chi connectivity index (χ0v) is 17.6. The quantitative estimate of drug-likeness (QED) is 0.433. The van der Waals surface area contributed by atoms with Gasteiger partial charge in [-0.05, 0) is 41.5 Å². The number of nitrogens with zero attached hydrogens (tertiary/aromatic N) is 4. The van der Waals surface area contributed by atoms with E-state index in [1.54, 1.807) is 41.3 Å². The number of aliphatic carboxylic acids is 1. The van der Waals surface area contributed by atoms with Crippen molar-refractivity contribution in [3.8, 4) is 17.0 Å². The summed E-state index contributed by atoms with van der Waals surface area (Å²) in [6.07, 6.45) is 3.08. The number of hydrogen-bond donors (Lipinski definition) is 2. The summed E-state index contributed by atoms with van der Waals surface area (Å²) in [6.45, 7) is 0.186. The molecule has 0 bridgehead atoms. The van der Waals surface area contributed by atoms with E-state index in [-0.39, 0.29) is 6.54 Å². The van der Waals surface area contributed by atoms with Gasteiger partial charge in [-0.25, -0.2) is 19.4 Å². The Bertz CT molecular complexity index is 1260. The second-order valence-electron chi connectivity index (χ2n) is 6.70. The summed E-state index contributed by atoms with van der Waals surface area (Å²) >= 11 is 12.5. The number of carboxylic acids is 1. The van der Waals surface area contributed by atoms with Gasteiger partial charge in [0.25, 0.3) is 0 Å². The first-order valence-electron chi connectivity index (χ1n) is 9.24. The molecular weight excluding hydrogens is 441 g/mol. The van der Waals surface area contributed by atoms with E-state index in [0.29, 0.717) is 39.1 Å². The monoisotopic (exact) mass is 457 g/mol. The summed E-state index contributed by atoms with van der Waals surface area (Å²) in [5, 5.41) is 14.9. The van der Waals surface area contributed by atoms with Crippen molar-refractivity contribution in [1.29, 1.82) is 0 Å². The van der Waals surface area contributed by atoms with Crippen molar-refractivity contribution in [2.24, 2.45) is 5.73 Å². The normalized spacial score (nSPS) is 11.1. The highest BCUT2D eigenvalue weighted by molar-refractivity contribution is 6.36. The number of hydrogen-bond acceptors (Lipinski definition) is 6. The van der Waals surface area contributed by atoms with E-state index in [1.165, 1.54) is 6.33 Å². The first-order chi connectivity index (χ1) is 15.0. The van der Waals surface area contributed by atoms with Crippen LogP contribution in [0.2, 0.25) is 10.0 Å². The SMILES string of the molecule is NCc1c(-c2ccc(Cl)cc2Cl)nc2cc(OCC(=O)O)ccc2c1Cn1cncn1. The van der Waals surface area contributed by atoms with Gasteiger partial charge in [-0.2, -0.15) is 5.10 Å². The number of benzene rings is 2. The average molecular weight is 458 g/mol. The van der Waals surface area contributed by atoms with Gasteiger partial charge in [-0.3, -0.25) is 0 Å². The Kier molecular flexibility index (Phi) is 6.03. The highest BCUT2D eigenvalue weighted by atomic mass is 35.5. The van der Waals surface area contributed by atoms with Crippen LogP contribution < -0.4 is 10.5 Å². The predicted octanol–water partition coefficient (Wildman–Crippen LogP) is 3.77. The fourth-order valence-electron chi connectivity index (χ4n) is 3.37. The van der Waals surface area contributed by atoms with Crippen molar-refractivity contribution in [2.45, 2.75) is 13.1 Å². The third-order valence-electron chi connectivity index (χ3n) is 4.72. The second-order valence-corrected chi connectivity index (χ2v) is 7.54. The van der Waals surface area contributed by atoms with Crippen LogP contribution in [-0.2, 0) is 17.9 Å². The molecule has 0 spiro atoms. The van der Waals surface area contributed by atoms with Gasteiger partial charge in [0.15, 0.2) is 6.61 Å². The van der Waals surface area contributed by atoms with Crippen molar-refractivity contribution in [3.05, 3.63) is 70.2 Å². The van der Waals surface area contributed by atoms with Crippen molar-refractivity contribution in [2.75, 3.05) is 6.61 Å². The topological polar surface area (TPSA) is 116 Å². The molecule has 0 saturated heterocycles. The molecule has 3 N–H and O–H groups in total. The fourth-order valence-corrected chi connectivity index (χ4v) is 3.87. The smallest absolute Gasteiger partial charge is 0.341 e. The lowest BCUT2D eigenvalue weighted by molar-refractivity contribution is -0.139. The minimum atomic E-state index is -1.06. The largest absolute Gasteiger partial charge is 0.482 e. The summed E-state index contributed by atoms with van der Waals surface area (Å²) in [6, 6.07) is 10.4. The molecule has 2 heterocycles. The molecular formula is C21H17Cl2N5O3. The molecule has 0 aliphatic rings. The average Bonchev–Trinajstić information content (AvgIpc) is 3.25. The predicted molar refractivity (Wildman–Crippen MR) is 117 cm³/mol. The van der Waals surface area contributed by atoms with Crippen LogP contribution in [0.25, 0.3) is 22.2 Å². The van der Waals surface area contributed by atoms with Crippen molar-refractivity contribution >= 4 is 40.1 Å². The van der Waals surface area contributed by atoms with Gasteiger partial charge in [0.1, 0.15) is 18.4 Å². The van der Waals surface area contributed by atoms with Crippen molar-refractivity contribution < 1.29 is 14.6 Å². The lowest BCUT2D eigenvalue weighted by Crippen LogP contribution is -2.12. The van der Waals surface area contributed by atoms with E-state index >= 15 is 0 Å². The van der Waals surface area contributed by atoms with E-state index in [0.717, 1.165) is 16.5 Å². The van der Waals surface area contributed by atoms with E-state index in [2.05, 4.69) is 10.1 Å². The van der Waals surface area contributed by atoms with Crippen LogP contribution in [0, 0.1) is 0 Å². The molecule has 158 valence electrons. The minimum absolute atomic E-state index is 0.221. The number of pyridine rings is 1. The molecule has 2 aromatic heterocycles. The zero-order valence-electron chi connectivity index (χ0n) is 16.1. The molecule has 31 heavy (non-hydrogen) atoms. The Balaban J connectivity index is 1.95. The Morgan fingerprint density at radius 3 is 2.68 bits per heavy atom. The van der Waals surface area contributed by atoms with Crippen LogP contribution >= 0.6 is 23.2 Å². The molecule has 0 atom stereocenters. The highest BCUT2D eigenvalue weighted by Gasteiger charge is 2.19. The van der Waals surface area contributed by atoms with Crippen LogP contribution in [-0.4, -0.2) is 37.4 Å². The molecule has 4 aromatic rings.